The van der Waals surface area contributed by atoms with Crippen molar-refractivity contribution in [2.75, 3.05) is 18.4 Å². The van der Waals surface area contributed by atoms with E-state index in [2.05, 4.69) is 17.4 Å². The average Bonchev–Trinajstić information content (AvgIpc) is 3.06. The molecule has 2 aromatic rings. The van der Waals surface area contributed by atoms with Crippen LogP contribution in [-0.4, -0.2) is 41.0 Å². The summed E-state index contributed by atoms with van der Waals surface area (Å²) >= 11 is 0. The van der Waals surface area contributed by atoms with Gasteiger partial charge in [0.1, 0.15) is 6.04 Å². The maximum atomic E-state index is 12.4. The summed E-state index contributed by atoms with van der Waals surface area (Å²) in [4.78, 5) is 25.4. The summed E-state index contributed by atoms with van der Waals surface area (Å²) in [6.45, 7) is 0.757. The zero-order chi connectivity index (χ0) is 17.6. The van der Waals surface area contributed by atoms with Crippen molar-refractivity contribution in [3.63, 3.8) is 0 Å². The number of anilines is 1. The van der Waals surface area contributed by atoms with Crippen LogP contribution in [0.25, 0.3) is 0 Å². The summed E-state index contributed by atoms with van der Waals surface area (Å²) in [6.07, 6.45) is 2.15. The molecular formula is C20H22N2O3. The highest BCUT2D eigenvalue weighted by atomic mass is 16.4. The number of hydrogen-bond acceptors (Lipinski definition) is 3. The van der Waals surface area contributed by atoms with Crippen LogP contribution in [0.15, 0.2) is 54.6 Å². The monoisotopic (exact) mass is 338 g/mol. The van der Waals surface area contributed by atoms with E-state index in [9.17, 15) is 14.7 Å². The second-order valence-corrected chi connectivity index (χ2v) is 6.33. The molecule has 0 radical (unpaired) electrons. The summed E-state index contributed by atoms with van der Waals surface area (Å²) in [6, 6.07) is 17.3. The Labute approximate surface area is 147 Å². The highest BCUT2D eigenvalue weighted by Gasteiger charge is 2.31. The smallest absolute Gasteiger partial charge is 0.320 e. The van der Waals surface area contributed by atoms with E-state index in [0.717, 1.165) is 24.1 Å². The second kappa shape index (κ2) is 7.94. The Morgan fingerprint density at radius 3 is 2.56 bits per heavy atom. The quantitative estimate of drug-likeness (QED) is 0.850. The van der Waals surface area contributed by atoms with Crippen molar-refractivity contribution in [1.29, 1.82) is 0 Å². The van der Waals surface area contributed by atoms with E-state index < -0.39 is 12.0 Å². The standard InChI is InChI=1S/C20H22N2O3/c23-19(14-22-12-6-11-18(22)20(24)25)21-17-10-5-4-9-16(17)13-15-7-2-1-3-8-15/h1-5,7-10,18H,6,11-14H2,(H,21,23)(H,24,25)/t18-/m1/s1. The number of carbonyl (C=O) groups is 2. The van der Waals surface area contributed by atoms with Gasteiger partial charge in [0.25, 0.3) is 0 Å². The molecule has 1 fully saturated rings. The van der Waals surface area contributed by atoms with Gasteiger partial charge in [0.15, 0.2) is 0 Å². The van der Waals surface area contributed by atoms with E-state index in [0.29, 0.717) is 13.0 Å². The first-order chi connectivity index (χ1) is 12.1. The van der Waals surface area contributed by atoms with Crippen LogP contribution in [0, 0.1) is 0 Å². The molecule has 1 atom stereocenters. The molecule has 130 valence electrons. The minimum Gasteiger partial charge on any atom is -0.480 e. The van der Waals surface area contributed by atoms with Crippen LogP contribution in [0.4, 0.5) is 5.69 Å². The molecule has 1 amide bonds. The molecule has 2 aromatic carbocycles. The third-order valence-electron chi connectivity index (χ3n) is 4.52. The predicted molar refractivity (Wildman–Crippen MR) is 96.6 cm³/mol. The topological polar surface area (TPSA) is 69.6 Å². The summed E-state index contributed by atoms with van der Waals surface area (Å²) in [7, 11) is 0. The average molecular weight is 338 g/mol. The van der Waals surface area contributed by atoms with E-state index in [-0.39, 0.29) is 12.5 Å². The summed E-state index contributed by atoms with van der Waals surface area (Å²) in [5.41, 5.74) is 3.00. The lowest BCUT2D eigenvalue weighted by Gasteiger charge is -2.20. The molecule has 3 rings (SSSR count). The van der Waals surface area contributed by atoms with Crippen molar-refractivity contribution in [2.24, 2.45) is 0 Å². The lowest BCUT2D eigenvalue weighted by molar-refractivity contribution is -0.142. The summed E-state index contributed by atoms with van der Waals surface area (Å²) in [5.74, 6) is -1.02. The fourth-order valence-corrected chi connectivity index (χ4v) is 3.28. The molecule has 2 N–H and O–H groups in total. The van der Waals surface area contributed by atoms with Gasteiger partial charge in [-0.25, -0.2) is 0 Å². The first-order valence-electron chi connectivity index (χ1n) is 8.52. The molecule has 0 spiro atoms. The third-order valence-corrected chi connectivity index (χ3v) is 4.52. The van der Waals surface area contributed by atoms with E-state index >= 15 is 0 Å². The molecular weight excluding hydrogens is 316 g/mol. The maximum Gasteiger partial charge on any atom is 0.320 e. The van der Waals surface area contributed by atoms with Gasteiger partial charge in [-0.3, -0.25) is 14.5 Å². The number of aliphatic carboxylic acids is 1. The van der Waals surface area contributed by atoms with Gasteiger partial charge >= 0.3 is 5.97 Å². The minimum absolute atomic E-state index is 0.108. The number of para-hydroxylation sites is 1. The Kier molecular flexibility index (Phi) is 5.46. The zero-order valence-corrected chi connectivity index (χ0v) is 14.0. The molecule has 5 heteroatoms. The highest BCUT2D eigenvalue weighted by Crippen LogP contribution is 2.20. The second-order valence-electron chi connectivity index (χ2n) is 6.33. The number of nitrogens with zero attached hydrogens (tertiary/aromatic N) is 1. The molecule has 1 aliphatic heterocycles. The number of nitrogens with one attached hydrogen (secondary N) is 1. The molecule has 0 aliphatic carbocycles. The third kappa shape index (κ3) is 4.45. The largest absolute Gasteiger partial charge is 0.480 e. The van der Waals surface area contributed by atoms with Crippen LogP contribution in [0.5, 0.6) is 0 Å². The van der Waals surface area contributed by atoms with Gasteiger partial charge in [-0.2, -0.15) is 0 Å². The number of carboxylic acids is 1. The number of carboxylic acid groups (broad SMARTS) is 1. The van der Waals surface area contributed by atoms with Crippen molar-refractivity contribution >= 4 is 17.6 Å². The Morgan fingerprint density at radius 2 is 1.80 bits per heavy atom. The van der Waals surface area contributed by atoms with Crippen LogP contribution in [0.3, 0.4) is 0 Å². The number of carbonyl (C=O) groups excluding carboxylic acids is 1. The van der Waals surface area contributed by atoms with Crippen LogP contribution in [0.1, 0.15) is 24.0 Å². The first-order valence-corrected chi connectivity index (χ1v) is 8.52. The van der Waals surface area contributed by atoms with E-state index in [1.54, 1.807) is 4.90 Å². The van der Waals surface area contributed by atoms with Crippen LogP contribution < -0.4 is 5.32 Å². The fourth-order valence-electron chi connectivity index (χ4n) is 3.28. The van der Waals surface area contributed by atoms with E-state index in [4.69, 9.17) is 0 Å². The SMILES string of the molecule is O=C(CN1CCC[C@@H]1C(=O)O)Nc1ccccc1Cc1ccccc1. The Morgan fingerprint density at radius 1 is 1.08 bits per heavy atom. The van der Waals surface area contributed by atoms with Crippen molar-refractivity contribution in [3.05, 3.63) is 65.7 Å². The van der Waals surface area contributed by atoms with Gasteiger partial charge in [-0.1, -0.05) is 48.5 Å². The lowest BCUT2D eigenvalue weighted by atomic mass is 10.0. The van der Waals surface area contributed by atoms with Gasteiger partial charge in [0, 0.05) is 5.69 Å². The van der Waals surface area contributed by atoms with E-state index in [1.165, 1.54) is 5.56 Å². The number of benzene rings is 2. The van der Waals surface area contributed by atoms with Crippen LogP contribution in [-0.2, 0) is 16.0 Å². The number of hydrogen-bond donors (Lipinski definition) is 2. The van der Waals surface area contributed by atoms with Gasteiger partial charge < -0.3 is 10.4 Å². The minimum atomic E-state index is -0.852. The molecule has 1 heterocycles. The van der Waals surface area contributed by atoms with Crippen molar-refractivity contribution in [1.82, 2.24) is 4.90 Å². The molecule has 0 unspecified atom stereocenters. The normalized spacial score (nSPS) is 17.4. The Hall–Kier alpha value is -2.66. The Bertz CT molecular complexity index is 746. The molecule has 0 aromatic heterocycles. The number of amides is 1. The number of likely N-dealkylation sites (tertiary alicyclic amines) is 1. The molecule has 1 aliphatic rings. The van der Waals surface area contributed by atoms with Crippen LogP contribution >= 0.6 is 0 Å². The summed E-state index contributed by atoms with van der Waals surface area (Å²) in [5, 5.41) is 12.2. The van der Waals surface area contributed by atoms with Crippen molar-refractivity contribution in [2.45, 2.75) is 25.3 Å². The molecule has 1 saturated heterocycles. The maximum absolute atomic E-state index is 12.4. The molecule has 0 saturated carbocycles. The van der Waals surface area contributed by atoms with Crippen molar-refractivity contribution < 1.29 is 14.7 Å². The van der Waals surface area contributed by atoms with Gasteiger partial charge in [0.05, 0.1) is 6.54 Å². The van der Waals surface area contributed by atoms with Gasteiger partial charge in [0.2, 0.25) is 5.91 Å². The highest BCUT2D eigenvalue weighted by molar-refractivity contribution is 5.93. The fraction of sp³-hybridized carbons (Fsp3) is 0.300. The Balaban J connectivity index is 1.66. The van der Waals surface area contributed by atoms with Crippen molar-refractivity contribution in [3.8, 4) is 0 Å². The number of rotatable bonds is 6. The van der Waals surface area contributed by atoms with E-state index in [1.807, 2.05) is 42.5 Å². The molecule has 5 nitrogen and oxygen atoms in total. The lowest BCUT2D eigenvalue weighted by Crippen LogP contribution is -2.41. The van der Waals surface area contributed by atoms with Gasteiger partial charge in [-0.05, 0) is 43.0 Å². The first kappa shape index (κ1) is 17.2. The molecule has 0 bridgehead atoms. The van der Waals surface area contributed by atoms with Crippen LogP contribution in [0.2, 0.25) is 0 Å². The predicted octanol–water partition coefficient (Wildman–Crippen LogP) is 2.76. The van der Waals surface area contributed by atoms with Gasteiger partial charge in [-0.15, -0.1) is 0 Å². The zero-order valence-electron chi connectivity index (χ0n) is 14.0. The molecule has 25 heavy (non-hydrogen) atoms. The summed E-state index contributed by atoms with van der Waals surface area (Å²) < 4.78 is 0.